The Morgan fingerprint density at radius 1 is 1.06 bits per heavy atom. The highest BCUT2D eigenvalue weighted by Crippen LogP contribution is 2.27. The van der Waals surface area contributed by atoms with Crippen LogP contribution in [0.25, 0.3) is 0 Å². The minimum absolute atomic E-state index is 0.0696. The van der Waals surface area contributed by atoms with Gasteiger partial charge < -0.3 is 9.47 Å². The highest BCUT2D eigenvalue weighted by molar-refractivity contribution is 7.91. The monoisotopic (exact) mass is 482 g/mol. The van der Waals surface area contributed by atoms with Crippen LogP contribution in [0.2, 0.25) is 5.02 Å². The van der Waals surface area contributed by atoms with Gasteiger partial charge in [0, 0.05) is 17.1 Å². The van der Waals surface area contributed by atoms with Crippen LogP contribution in [0.5, 0.6) is 11.5 Å². The van der Waals surface area contributed by atoms with Gasteiger partial charge in [0.05, 0.1) is 14.2 Å². The molecule has 0 unspecified atom stereocenters. The molecule has 0 bridgehead atoms. The minimum atomic E-state index is -3.87. The number of sulfonamides is 1. The van der Waals surface area contributed by atoms with Crippen molar-refractivity contribution in [3.63, 3.8) is 0 Å². The predicted molar refractivity (Wildman–Crippen MR) is 118 cm³/mol. The maximum Gasteiger partial charge on any atom is 0.269 e. The molecule has 0 radical (unpaired) electrons. The van der Waals surface area contributed by atoms with Gasteiger partial charge in [0.15, 0.2) is 11.5 Å². The van der Waals surface area contributed by atoms with Crippen molar-refractivity contribution < 1.29 is 22.7 Å². The summed E-state index contributed by atoms with van der Waals surface area (Å²) < 4.78 is 37.6. The Morgan fingerprint density at radius 2 is 1.77 bits per heavy atom. The Hall–Kier alpha value is -2.73. The molecule has 0 saturated carbocycles. The van der Waals surface area contributed by atoms with E-state index in [-0.39, 0.29) is 16.0 Å². The third-order valence-electron chi connectivity index (χ3n) is 4.12. The number of halogens is 1. The fourth-order valence-corrected chi connectivity index (χ4v) is 4.66. The smallest absolute Gasteiger partial charge is 0.269 e. The van der Waals surface area contributed by atoms with E-state index in [1.807, 2.05) is 6.07 Å². The van der Waals surface area contributed by atoms with Crippen LogP contribution in [0.4, 0.5) is 5.13 Å². The van der Waals surface area contributed by atoms with Gasteiger partial charge in [0.25, 0.3) is 15.9 Å². The second-order valence-electron chi connectivity index (χ2n) is 6.17. The van der Waals surface area contributed by atoms with Gasteiger partial charge in [0.2, 0.25) is 9.47 Å². The Labute approximate surface area is 188 Å². The zero-order chi connectivity index (χ0) is 22.4. The van der Waals surface area contributed by atoms with E-state index in [0.717, 1.165) is 16.9 Å². The zero-order valence-electron chi connectivity index (χ0n) is 16.6. The average molecular weight is 483 g/mol. The summed E-state index contributed by atoms with van der Waals surface area (Å²) in [6.07, 6.45) is 0.429. The van der Waals surface area contributed by atoms with Crippen molar-refractivity contribution >= 4 is 44.0 Å². The van der Waals surface area contributed by atoms with Crippen LogP contribution in [0.3, 0.4) is 0 Å². The quantitative estimate of drug-likeness (QED) is 0.450. The van der Waals surface area contributed by atoms with Crippen molar-refractivity contribution in [1.29, 1.82) is 0 Å². The standard InChI is InChI=1S/C19H19ClN4O5S2/c1-28-15-8-3-12(11-16(15)29-2)9-10-21-31(26,27)19-24-23-18(30-19)22-17(25)13-4-6-14(20)7-5-13/h3-8,11,21H,9-10H2,1-2H3,(H,22,23,25). The summed E-state index contributed by atoms with van der Waals surface area (Å²) in [7, 11) is -0.802. The van der Waals surface area contributed by atoms with E-state index in [1.54, 1.807) is 43.5 Å². The number of anilines is 1. The number of hydrogen-bond donors (Lipinski definition) is 2. The van der Waals surface area contributed by atoms with Gasteiger partial charge in [-0.05, 0) is 48.4 Å². The van der Waals surface area contributed by atoms with Crippen LogP contribution in [0.15, 0.2) is 46.8 Å². The van der Waals surface area contributed by atoms with Crippen molar-refractivity contribution in [3.8, 4) is 11.5 Å². The molecule has 12 heteroatoms. The molecule has 0 fully saturated rings. The lowest BCUT2D eigenvalue weighted by molar-refractivity contribution is 0.102. The fraction of sp³-hybridized carbons (Fsp3) is 0.211. The van der Waals surface area contributed by atoms with Gasteiger partial charge in [-0.15, -0.1) is 10.2 Å². The number of methoxy groups -OCH3 is 2. The second-order valence-corrected chi connectivity index (χ2v) is 9.53. The molecule has 164 valence electrons. The summed E-state index contributed by atoms with van der Waals surface area (Å²) in [5, 5.41) is 10.5. The van der Waals surface area contributed by atoms with Gasteiger partial charge in [-0.1, -0.05) is 29.0 Å². The van der Waals surface area contributed by atoms with Gasteiger partial charge in [-0.25, -0.2) is 13.1 Å². The largest absolute Gasteiger partial charge is 0.493 e. The lowest BCUT2D eigenvalue weighted by Crippen LogP contribution is -2.26. The first-order chi connectivity index (χ1) is 14.8. The van der Waals surface area contributed by atoms with Crippen LogP contribution in [-0.4, -0.2) is 45.3 Å². The van der Waals surface area contributed by atoms with Gasteiger partial charge >= 0.3 is 0 Å². The van der Waals surface area contributed by atoms with Crippen LogP contribution in [0, 0.1) is 0 Å². The lowest BCUT2D eigenvalue weighted by Gasteiger charge is -2.09. The minimum Gasteiger partial charge on any atom is -0.493 e. The van der Waals surface area contributed by atoms with Crippen molar-refractivity contribution in [1.82, 2.24) is 14.9 Å². The Balaban J connectivity index is 1.59. The summed E-state index contributed by atoms with van der Waals surface area (Å²) in [5.74, 6) is 0.708. The summed E-state index contributed by atoms with van der Waals surface area (Å²) in [6, 6.07) is 11.6. The highest BCUT2D eigenvalue weighted by Gasteiger charge is 2.21. The van der Waals surface area contributed by atoms with E-state index in [2.05, 4.69) is 20.2 Å². The maximum absolute atomic E-state index is 12.5. The number of aromatic nitrogens is 2. The number of amides is 1. The molecule has 3 rings (SSSR count). The van der Waals surface area contributed by atoms with Gasteiger partial charge in [-0.3, -0.25) is 10.1 Å². The SMILES string of the molecule is COc1ccc(CCNS(=O)(=O)c2nnc(NC(=O)c3ccc(Cl)cc3)s2)cc1OC. The number of ether oxygens (including phenoxy) is 2. The molecule has 1 aromatic heterocycles. The molecule has 0 spiro atoms. The number of rotatable bonds is 9. The summed E-state index contributed by atoms with van der Waals surface area (Å²) in [4.78, 5) is 12.2. The Bertz CT molecular complexity index is 1170. The maximum atomic E-state index is 12.5. The van der Waals surface area contributed by atoms with Crippen molar-refractivity contribution in [2.24, 2.45) is 0 Å². The summed E-state index contributed by atoms with van der Waals surface area (Å²) in [6.45, 7) is 0.143. The molecule has 0 aliphatic carbocycles. The van der Waals surface area contributed by atoms with E-state index in [4.69, 9.17) is 21.1 Å². The molecule has 31 heavy (non-hydrogen) atoms. The zero-order valence-corrected chi connectivity index (χ0v) is 19.0. The molecule has 0 atom stereocenters. The number of benzene rings is 2. The Kier molecular flexibility index (Phi) is 7.44. The molecule has 0 aliphatic rings. The Morgan fingerprint density at radius 3 is 2.45 bits per heavy atom. The fourth-order valence-electron chi connectivity index (χ4n) is 2.57. The molecular formula is C19H19ClN4O5S2. The molecule has 2 N–H and O–H groups in total. The van der Waals surface area contributed by atoms with Gasteiger partial charge in [-0.2, -0.15) is 0 Å². The first kappa shape index (κ1) is 22.9. The summed E-state index contributed by atoms with van der Waals surface area (Å²) in [5.41, 5.74) is 1.23. The van der Waals surface area contributed by atoms with Crippen LogP contribution >= 0.6 is 22.9 Å². The number of carbonyl (C=O) groups is 1. The summed E-state index contributed by atoms with van der Waals surface area (Å²) >= 11 is 6.56. The van der Waals surface area contributed by atoms with Crippen molar-refractivity contribution in [2.45, 2.75) is 10.8 Å². The van der Waals surface area contributed by atoms with E-state index < -0.39 is 15.9 Å². The van der Waals surface area contributed by atoms with Crippen LogP contribution in [-0.2, 0) is 16.4 Å². The predicted octanol–water partition coefficient (Wildman–Crippen LogP) is 2.98. The van der Waals surface area contributed by atoms with Gasteiger partial charge in [0.1, 0.15) is 0 Å². The normalized spacial score (nSPS) is 11.2. The van der Waals surface area contributed by atoms with Crippen LogP contribution in [0.1, 0.15) is 15.9 Å². The molecule has 0 aliphatic heterocycles. The molecule has 0 saturated heterocycles. The molecular weight excluding hydrogens is 464 g/mol. The van der Waals surface area contributed by atoms with E-state index in [1.165, 1.54) is 7.11 Å². The second kappa shape index (κ2) is 10.1. The molecule has 2 aromatic carbocycles. The highest BCUT2D eigenvalue weighted by atomic mass is 35.5. The van der Waals surface area contributed by atoms with E-state index in [9.17, 15) is 13.2 Å². The number of hydrogen-bond acceptors (Lipinski definition) is 8. The number of carbonyl (C=O) groups excluding carboxylic acids is 1. The molecule has 9 nitrogen and oxygen atoms in total. The number of nitrogens with zero attached hydrogens (tertiary/aromatic N) is 2. The third-order valence-corrected chi connectivity index (χ3v) is 7.04. The molecule has 1 amide bonds. The van der Waals surface area contributed by atoms with E-state index >= 15 is 0 Å². The third kappa shape index (κ3) is 5.91. The van der Waals surface area contributed by atoms with Crippen LogP contribution < -0.4 is 19.5 Å². The molecule has 3 aromatic rings. The average Bonchev–Trinajstić information content (AvgIpc) is 3.23. The molecule has 1 heterocycles. The van der Waals surface area contributed by atoms with Crippen molar-refractivity contribution in [3.05, 3.63) is 58.6 Å². The lowest BCUT2D eigenvalue weighted by atomic mass is 10.1. The van der Waals surface area contributed by atoms with Crippen molar-refractivity contribution in [2.75, 3.05) is 26.1 Å². The first-order valence-electron chi connectivity index (χ1n) is 8.93. The first-order valence-corrected chi connectivity index (χ1v) is 11.6. The topological polar surface area (TPSA) is 120 Å². The number of nitrogens with one attached hydrogen (secondary N) is 2. The van der Waals surface area contributed by atoms with E-state index in [0.29, 0.717) is 28.5 Å².